The number of hydrogen-bond acceptors (Lipinski definition) is 3. The summed E-state index contributed by atoms with van der Waals surface area (Å²) in [6.07, 6.45) is 2.48. The van der Waals surface area contributed by atoms with Crippen LogP contribution in [-0.2, 0) is 0 Å². The van der Waals surface area contributed by atoms with Gasteiger partial charge in [0.15, 0.2) is 0 Å². The predicted molar refractivity (Wildman–Crippen MR) is 85.9 cm³/mol. The van der Waals surface area contributed by atoms with Crippen molar-refractivity contribution in [3.05, 3.63) is 35.4 Å². The first-order chi connectivity index (χ1) is 9.50. The minimum atomic E-state index is 0.140. The summed E-state index contributed by atoms with van der Waals surface area (Å²) in [5, 5.41) is 0. The Labute approximate surface area is 123 Å². The van der Waals surface area contributed by atoms with E-state index in [0.29, 0.717) is 12.1 Å². The van der Waals surface area contributed by atoms with Crippen LogP contribution in [0.25, 0.3) is 0 Å². The third-order valence-corrected chi connectivity index (χ3v) is 4.71. The number of likely N-dealkylation sites (N-methyl/N-ethyl adjacent to an activating group) is 1. The van der Waals surface area contributed by atoms with Crippen LogP contribution in [0.5, 0.6) is 0 Å². The van der Waals surface area contributed by atoms with Crippen LogP contribution in [0.2, 0.25) is 0 Å². The Morgan fingerprint density at radius 3 is 2.40 bits per heavy atom. The molecular weight excluding hydrogens is 246 g/mol. The van der Waals surface area contributed by atoms with E-state index in [2.05, 4.69) is 62.0 Å². The van der Waals surface area contributed by atoms with Crippen LogP contribution in [0, 0.1) is 6.92 Å². The zero-order chi connectivity index (χ0) is 14.7. The van der Waals surface area contributed by atoms with E-state index in [0.717, 1.165) is 0 Å². The minimum absolute atomic E-state index is 0.140. The molecule has 1 aromatic rings. The average Bonchev–Trinajstić information content (AvgIpc) is 2.41. The second-order valence-corrected chi connectivity index (χ2v) is 6.36. The van der Waals surface area contributed by atoms with Crippen molar-refractivity contribution in [1.82, 2.24) is 9.80 Å². The number of hydrogen-bond donors (Lipinski definition) is 1. The third kappa shape index (κ3) is 3.40. The second kappa shape index (κ2) is 6.70. The summed E-state index contributed by atoms with van der Waals surface area (Å²) in [4.78, 5) is 4.93. The van der Waals surface area contributed by atoms with Gasteiger partial charge in [-0.25, -0.2) is 0 Å². The Hall–Kier alpha value is -0.900. The van der Waals surface area contributed by atoms with Crippen molar-refractivity contribution in [2.24, 2.45) is 5.73 Å². The van der Waals surface area contributed by atoms with Gasteiger partial charge in [-0.05, 0) is 65.0 Å². The molecular formula is C17H29N3. The summed E-state index contributed by atoms with van der Waals surface area (Å²) in [6.45, 7) is 6.69. The third-order valence-electron chi connectivity index (χ3n) is 4.71. The van der Waals surface area contributed by atoms with E-state index in [4.69, 9.17) is 5.73 Å². The van der Waals surface area contributed by atoms with Crippen molar-refractivity contribution in [3.63, 3.8) is 0 Å². The van der Waals surface area contributed by atoms with Crippen molar-refractivity contribution in [1.29, 1.82) is 0 Å². The molecule has 1 fully saturated rings. The molecule has 1 aliphatic rings. The number of rotatable bonds is 4. The topological polar surface area (TPSA) is 32.5 Å². The van der Waals surface area contributed by atoms with E-state index < -0.39 is 0 Å². The Bertz CT molecular complexity index is 422. The lowest BCUT2D eigenvalue weighted by atomic mass is 9.92. The zero-order valence-electron chi connectivity index (χ0n) is 13.3. The van der Waals surface area contributed by atoms with Crippen LogP contribution >= 0.6 is 0 Å². The van der Waals surface area contributed by atoms with Crippen LogP contribution < -0.4 is 5.73 Å². The van der Waals surface area contributed by atoms with E-state index in [1.54, 1.807) is 0 Å². The first kappa shape index (κ1) is 15.5. The molecule has 2 N–H and O–H groups in total. The predicted octanol–water partition coefficient (Wildman–Crippen LogP) is 2.41. The molecule has 1 saturated heterocycles. The molecule has 0 amide bonds. The van der Waals surface area contributed by atoms with Gasteiger partial charge in [0.05, 0.1) is 0 Å². The van der Waals surface area contributed by atoms with E-state index in [1.807, 2.05) is 0 Å². The number of benzene rings is 1. The number of nitrogens with two attached hydrogens (primary N) is 1. The van der Waals surface area contributed by atoms with Crippen molar-refractivity contribution in [2.45, 2.75) is 44.8 Å². The Balaban J connectivity index is 2.18. The normalized spacial score (nSPS) is 21.1. The van der Waals surface area contributed by atoms with Gasteiger partial charge in [0.25, 0.3) is 0 Å². The summed E-state index contributed by atoms with van der Waals surface area (Å²) in [6, 6.07) is 9.74. The minimum Gasteiger partial charge on any atom is -0.326 e. The molecule has 1 aromatic carbocycles. The Morgan fingerprint density at radius 1 is 1.25 bits per heavy atom. The first-order valence-corrected chi connectivity index (χ1v) is 7.72. The van der Waals surface area contributed by atoms with Crippen LogP contribution in [0.15, 0.2) is 24.3 Å². The molecule has 2 rings (SSSR count). The standard InChI is InChI=1S/C17H29N3/c1-13-7-5-6-8-16(13)17(14(2)18)20(4)15-9-11-19(3)12-10-15/h5-8,14-15,17H,9-12,18H2,1-4H3. The summed E-state index contributed by atoms with van der Waals surface area (Å²) in [5.74, 6) is 0. The summed E-state index contributed by atoms with van der Waals surface area (Å²) < 4.78 is 0. The summed E-state index contributed by atoms with van der Waals surface area (Å²) in [5.41, 5.74) is 9.04. The molecule has 2 atom stereocenters. The second-order valence-electron chi connectivity index (χ2n) is 6.36. The maximum absolute atomic E-state index is 6.32. The van der Waals surface area contributed by atoms with Crippen LogP contribution in [0.1, 0.15) is 36.9 Å². The van der Waals surface area contributed by atoms with E-state index >= 15 is 0 Å². The highest BCUT2D eigenvalue weighted by Crippen LogP contribution is 2.29. The van der Waals surface area contributed by atoms with Crippen molar-refractivity contribution < 1.29 is 0 Å². The number of piperidine rings is 1. The molecule has 112 valence electrons. The van der Waals surface area contributed by atoms with Crippen molar-refractivity contribution in [3.8, 4) is 0 Å². The lowest BCUT2D eigenvalue weighted by Crippen LogP contribution is -2.47. The molecule has 0 spiro atoms. The molecule has 0 radical (unpaired) electrons. The van der Waals surface area contributed by atoms with Gasteiger partial charge >= 0.3 is 0 Å². The summed E-state index contributed by atoms with van der Waals surface area (Å²) >= 11 is 0. The fraction of sp³-hybridized carbons (Fsp3) is 0.647. The molecule has 0 aliphatic carbocycles. The van der Waals surface area contributed by atoms with Gasteiger partial charge in [-0.15, -0.1) is 0 Å². The maximum Gasteiger partial charge on any atom is 0.0498 e. The Morgan fingerprint density at radius 2 is 1.85 bits per heavy atom. The molecule has 1 aliphatic heterocycles. The van der Waals surface area contributed by atoms with Gasteiger partial charge in [-0.2, -0.15) is 0 Å². The molecule has 0 aromatic heterocycles. The summed E-state index contributed by atoms with van der Waals surface area (Å²) in [7, 11) is 4.46. The smallest absolute Gasteiger partial charge is 0.0498 e. The van der Waals surface area contributed by atoms with E-state index in [1.165, 1.54) is 37.1 Å². The van der Waals surface area contributed by atoms with Gasteiger partial charge in [0.1, 0.15) is 0 Å². The highest BCUT2D eigenvalue weighted by molar-refractivity contribution is 5.30. The zero-order valence-corrected chi connectivity index (χ0v) is 13.3. The quantitative estimate of drug-likeness (QED) is 0.916. The maximum atomic E-state index is 6.32. The Kier molecular flexibility index (Phi) is 5.19. The lowest BCUT2D eigenvalue weighted by Gasteiger charge is -2.41. The first-order valence-electron chi connectivity index (χ1n) is 7.72. The monoisotopic (exact) mass is 275 g/mol. The highest BCUT2D eigenvalue weighted by Gasteiger charge is 2.29. The number of aryl methyl sites for hydroxylation is 1. The van der Waals surface area contributed by atoms with Gasteiger partial charge in [-0.1, -0.05) is 24.3 Å². The van der Waals surface area contributed by atoms with Crippen LogP contribution in [-0.4, -0.2) is 49.1 Å². The fourth-order valence-corrected chi connectivity index (χ4v) is 3.42. The van der Waals surface area contributed by atoms with Gasteiger partial charge in [0.2, 0.25) is 0 Å². The van der Waals surface area contributed by atoms with E-state index in [9.17, 15) is 0 Å². The van der Waals surface area contributed by atoms with Crippen molar-refractivity contribution in [2.75, 3.05) is 27.2 Å². The molecule has 1 heterocycles. The van der Waals surface area contributed by atoms with Gasteiger partial charge in [-0.3, -0.25) is 4.90 Å². The molecule has 2 unspecified atom stereocenters. The molecule has 20 heavy (non-hydrogen) atoms. The molecule has 0 bridgehead atoms. The van der Waals surface area contributed by atoms with Gasteiger partial charge in [0, 0.05) is 18.1 Å². The molecule has 3 nitrogen and oxygen atoms in total. The van der Waals surface area contributed by atoms with Crippen LogP contribution in [0.4, 0.5) is 0 Å². The number of nitrogens with zero attached hydrogens (tertiary/aromatic N) is 2. The number of likely N-dealkylation sites (tertiary alicyclic amines) is 1. The fourth-order valence-electron chi connectivity index (χ4n) is 3.42. The van der Waals surface area contributed by atoms with Crippen molar-refractivity contribution >= 4 is 0 Å². The molecule has 3 heteroatoms. The van der Waals surface area contributed by atoms with Gasteiger partial charge < -0.3 is 10.6 Å². The molecule has 0 saturated carbocycles. The highest BCUT2D eigenvalue weighted by atomic mass is 15.2. The van der Waals surface area contributed by atoms with E-state index in [-0.39, 0.29) is 6.04 Å². The lowest BCUT2D eigenvalue weighted by molar-refractivity contribution is 0.0967. The largest absolute Gasteiger partial charge is 0.326 e. The SMILES string of the molecule is Cc1ccccc1C(C(C)N)N(C)C1CCN(C)CC1. The van der Waals surface area contributed by atoms with Crippen LogP contribution in [0.3, 0.4) is 0 Å². The average molecular weight is 275 g/mol.